The summed E-state index contributed by atoms with van der Waals surface area (Å²) in [5, 5.41) is 3.44. The molecule has 0 aliphatic rings. The summed E-state index contributed by atoms with van der Waals surface area (Å²) in [6.45, 7) is 4.04. The Kier molecular flexibility index (Phi) is 3.94. The highest BCUT2D eigenvalue weighted by Crippen LogP contribution is 2.25. The van der Waals surface area contributed by atoms with Crippen molar-refractivity contribution in [1.82, 2.24) is 15.0 Å². The number of anilines is 2. The lowest BCUT2D eigenvalue weighted by Gasteiger charge is -2.21. The molecule has 2 rings (SSSR count). The van der Waals surface area contributed by atoms with Gasteiger partial charge in [0.2, 0.25) is 0 Å². The van der Waals surface area contributed by atoms with Gasteiger partial charge in [-0.2, -0.15) is 0 Å². The SMILES string of the molecule is Cc1nccnc1C(C)Nc1cccnc1N(C)C. The number of hydrogen-bond donors (Lipinski definition) is 1. The van der Waals surface area contributed by atoms with E-state index in [0.717, 1.165) is 22.9 Å². The largest absolute Gasteiger partial charge is 0.374 e. The standard InChI is InChI=1S/C14H19N5/c1-10-13(16-9-8-15-10)11(2)18-12-6-5-7-17-14(12)19(3)4/h5-9,11,18H,1-4H3. The van der Waals surface area contributed by atoms with Gasteiger partial charge < -0.3 is 10.2 Å². The first-order valence-electron chi connectivity index (χ1n) is 6.26. The molecule has 5 heteroatoms. The maximum Gasteiger partial charge on any atom is 0.151 e. The van der Waals surface area contributed by atoms with Crippen LogP contribution in [0.1, 0.15) is 24.4 Å². The topological polar surface area (TPSA) is 53.9 Å². The molecule has 0 aliphatic carbocycles. The summed E-state index contributed by atoms with van der Waals surface area (Å²) in [5.74, 6) is 0.913. The van der Waals surface area contributed by atoms with Gasteiger partial charge in [-0.05, 0) is 26.0 Å². The van der Waals surface area contributed by atoms with Crippen LogP contribution in [0.15, 0.2) is 30.7 Å². The van der Waals surface area contributed by atoms with Crippen molar-refractivity contribution in [3.05, 3.63) is 42.1 Å². The Morgan fingerprint density at radius 1 is 1.11 bits per heavy atom. The third-order valence-corrected chi connectivity index (χ3v) is 2.91. The number of aromatic nitrogens is 3. The summed E-state index contributed by atoms with van der Waals surface area (Å²) in [6, 6.07) is 4.02. The van der Waals surface area contributed by atoms with Crippen LogP contribution >= 0.6 is 0 Å². The molecule has 0 amide bonds. The van der Waals surface area contributed by atoms with Gasteiger partial charge in [0.05, 0.1) is 23.1 Å². The summed E-state index contributed by atoms with van der Waals surface area (Å²) in [6.07, 6.45) is 5.22. The predicted molar refractivity (Wildman–Crippen MR) is 77.4 cm³/mol. The molecule has 0 fully saturated rings. The Morgan fingerprint density at radius 3 is 2.53 bits per heavy atom. The number of nitrogens with one attached hydrogen (secondary N) is 1. The summed E-state index contributed by atoms with van der Waals surface area (Å²) in [4.78, 5) is 15.0. The van der Waals surface area contributed by atoms with Crippen molar-refractivity contribution in [3.8, 4) is 0 Å². The quantitative estimate of drug-likeness (QED) is 0.911. The first kappa shape index (κ1) is 13.3. The van der Waals surface area contributed by atoms with Crippen molar-refractivity contribution < 1.29 is 0 Å². The van der Waals surface area contributed by atoms with E-state index in [-0.39, 0.29) is 6.04 Å². The van der Waals surface area contributed by atoms with Gasteiger partial charge in [-0.25, -0.2) is 4.98 Å². The van der Waals surface area contributed by atoms with Gasteiger partial charge >= 0.3 is 0 Å². The molecule has 19 heavy (non-hydrogen) atoms. The highest BCUT2D eigenvalue weighted by Gasteiger charge is 2.13. The fourth-order valence-corrected chi connectivity index (χ4v) is 2.01. The number of pyridine rings is 1. The van der Waals surface area contributed by atoms with Crippen LogP contribution in [0.2, 0.25) is 0 Å². The Balaban J connectivity index is 2.24. The normalized spacial score (nSPS) is 12.0. The molecule has 0 radical (unpaired) electrons. The molecule has 1 atom stereocenters. The molecule has 0 aromatic carbocycles. The van der Waals surface area contributed by atoms with Gasteiger partial charge in [0.15, 0.2) is 5.82 Å². The Bertz CT molecular complexity index is 553. The van der Waals surface area contributed by atoms with Crippen molar-refractivity contribution in [2.45, 2.75) is 19.9 Å². The van der Waals surface area contributed by atoms with E-state index in [4.69, 9.17) is 0 Å². The molecule has 0 saturated carbocycles. The van der Waals surface area contributed by atoms with Crippen molar-refractivity contribution in [2.24, 2.45) is 0 Å². The summed E-state index contributed by atoms with van der Waals surface area (Å²) in [7, 11) is 3.96. The first-order chi connectivity index (χ1) is 9.09. The monoisotopic (exact) mass is 257 g/mol. The Hall–Kier alpha value is -2.17. The van der Waals surface area contributed by atoms with Crippen LogP contribution in [-0.2, 0) is 0 Å². The molecule has 0 aliphatic heterocycles. The molecule has 2 aromatic heterocycles. The van der Waals surface area contributed by atoms with Crippen LogP contribution in [0, 0.1) is 6.92 Å². The number of aryl methyl sites for hydroxylation is 1. The zero-order chi connectivity index (χ0) is 13.8. The second kappa shape index (κ2) is 5.65. The van der Waals surface area contributed by atoms with Crippen molar-refractivity contribution in [2.75, 3.05) is 24.3 Å². The molecule has 1 unspecified atom stereocenters. The van der Waals surface area contributed by atoms with E-state index in [2.05, 4.69) is 27.2 Å². The van der Waals surface area contributed by atoms with Crippen LogP contribution in [0.25, 0.3) is 0 Å². The fraction of sp³-hybridized carbons (Fsp3) is 0.357. The van der Waals surface area contributed by atoms with E-state index < -0.39 is 0 Å². The lowest BCUT2D eigenvalue weighted by molar-refractivity contribution is 0.808. The van der Waals surface area contributed by atoms with Crippen LogP contribution < -0.4 is 10.2 Å². The van der Waals surface area contributed by atoms with Crippen LogP contribution in [-0.4, -0.2) is 29.0 Å². The molecular formula is C14H19N5. The van der Waals surface area contributed by atoms with Gasteiger partial charge in [0.1, 0.15) is 0 Å². The molecule has 5 nitrogen and oxygen atoms in total. The van der Waals surface area contributed by atoms with Gasteiger partial charge in [-0.15, -0.1) is 0 Å². The average Bonchev–Trinajstić information content (AvgIpc) is 2.39. The summed E-state index contributed by atoms with van der Waals surface area (Å²) < 4.78 is 0. The minimum atomic E-state index is 0.0802. The highest BCUT2D eigenvalue weighted by molar-refractivity contribution is 5.65. The number of rotatable bonds is 4. The molecular weight excluding hydrogens is 238 g/mol. The second-order valence-corrected chi connectivity index (χ2v) is 4.66. The van der Waals surface area contributed by atoms with Crippen LogP contribution in [0.4, 0.5) is 11.5 Å². The maximum absolute atomic E-state index is 4.39. The minimum Gasteiger partial charge on any atom is -0.374 e. The van der Waals surface area contributed by atoms with E-state index in [1.807, 2.05) is 38.1 Å². The minimum absolute atomic E-state index is 0.0802. The van der Waals surface area contributed by atoms with E-state index in [1.54, 1.807) is 18.6 Å². The Morgan fingerprint density at radius 2 is 1.84 bits per heavy atom. The fourth-order valence-electron chi connectivity index (χ4n) is 2.01. The predicted octanol–water partition coefficient (Wildman–Crippen LogP) is 2.42. The zero-order valence-electron chi connectivity index (χ0n) is 11.8. The molecule has 0 bridgehead atoms. The van der Waals surface area contributed by atoms with Gasteiger partial charge in [-0.1, -0.05) is 0 Å². The lowest BCUT2D eigenvalue weighted by Crippen LogP contribution is -2.16. The Labute approximate surface area is 113 Å². The summed E-state index contributed by atoms with van der Waals surface area (Å²) in [5.41, 5.74) is 2.89. The second-order valence-electron chi connectivity index (χ2n) is 4.66. The average molecular weight is 257 g/mol. The maximum atomic E-state index is 4.39. The van der Waals surface area contributed by atoms with Crippen molar-refractivity contribution >= 4 is 11.5 Å². The lowest BCUT2D eigenvalue weighted by atomic mass is 10.2. The van der Waals surface area contributed by atoms with Crippen molar-refractivity contribution in [3.63, 3.8) is 0 Å². The number of hydrogen-bond acceptors (Lipinski definition) is 5. The van der Waals surface area contributed by atoms with E-state index in [0.29, 0.717) is 0 Å². The molecule has 0 saturated heterocycles. The van der Waals surface area contributed by atoms with Gasteiger partial charge in [-0.3, -0.25) is 9.97 Å². The molecule has 0 spiro atoms. The smallest absolute Gasteiger partial charge is 0.151 e. The molecule has 100 valence electrons. The number of nitrogens with zero attached hydrogens (tertiary/aromatic N) is 4. The van der Waals surface area contributed by atoms with Crippen molar-refractivity contribution in [1.29, 1.82) is 0 Å². The third kappa shape index (κ3) is 2.99. The van der Waals surface area contributed by atoms with Gasteiger partial charge in [0, 0.05) is 32.7 Å². The first-order valence-corrected chi connectivity index (χ1v) is 6.26. The molecule has 1 N–H and O–H groups in total. The summed E-state index contributed by atoms with van der Waals surface area (Å²) >= 11 is 0. The van der Waals surface area contributed by atoms with E-state index in [1.165, 1.54) is 0 Å². The zero-order valence-corrected chi connectivity index (χ0v) is 11.8. The molecule has 2 heterocycles. The highest BCUT2D eigenvalue weighted by atomic mass is 15.2. The van der Waals surface area contributed by atoms with E-state index in [9.17, 15) is 0 Å². The van der Waals surface area contributed by atoms with Crippen LogP contribution in [0.3, 0.4) is 0 Å². The van der Waals surface area contributed by atoms with Gasteiger partial charge in [0.25, 0.3) is 0 Å². The van der Waals surface area contributed by atoms with E-state index >= 15 is 0 Å². The molecule has 2 aromatic rings. The third-order valence-electron chi connectivity index (χ3n) is 2.91. The van der Waals surface area contributed by atoms with Crippen LogP contribution in [0.5, 0.6) is 0 Å².